The average molecular weight is 462 g/mol. The van der Waals surface area contributed by atoms with E-state index < -0.39 is 23.6 Å². The van der Waals surface area contributed by atoms with Crippen molar-refractivity contribution < 1.29 is 32.0 Å². The molecule has 0 aliphatic carbocycles. The molecule has 2 aromatic heterocycles. The van der Waals surface area contributed by atoms with E-state index in [9.17, 15) is 18.0 Å². The molecule has 1 aromatic carbocycles. The molecule has 1 atom stereocenters. The Morgan fingerprint density at radius 1 is 1.27 bits per heavy atom. The van der Waals surface area contributed by atoms with Gasteiger partial charge in [0.05, 0.1) is 18.6 Å². The van der Waals surface area contributed by atoms with Crippen molar-refractivity contribution in [1.29, 1.82) is 0 Å². The first-order valence-electron chi connectivity index (χ1n) is 10.3. The second-order valence-electron chi connectivity index (χ2n) is 7.51. The molecule has 0 amide bonds. The lowest BCUT2D eigenvalue weighted by Crippen LogP contribution is -2.40. The number of rotatable bonds is 6. The predicted molar refractivity (Wildman–Crippen MR) is 110 cm³/mol. The first-order chi connectivity index (χ1) is 15.8. The van der Waals surface area contributed by atoms with Crippen LogP contribution in [-0.2, 0) is 22.3 Å². The lowest BCUT2D eigenvalue weighted by molar-refractivity contribution is -0.151. The summed E-state index contributed by atoms with van der Waals surface area (Å²) in [5, 5.41) is 3.88. The molecule has 174 valence electrons. The van der Waals surface area contributed by atoms with Gasteiger partial charge in [-0.05, 0) is 37.1 Å². The molecule has 0 saturated carbocycles. The number of halogens is 3. The van der Waals surface area contributed by atoms with Crippen molar-refractivity contribution in [3.8, 4) is 17.1 Å². The maximum atomic E-state index is 13.3. The fourth-order valence-corrected chi connectivity index (χ4v) is 3.68. The maximum absolute atomic E-state index is 13.3. The molecule has 1 aliphatic rings. The molecule has 1 saturated heterocycles. The van der Waals surface area contributed by atoms with Crippen LogP contribution in [0.4, 0.5) is 19.0 Å². The molecule has 33 heavy (non-hydrogen) atoms. The summed E-state index contributed by atoms with van der Waals surface area (Å²) in [6, 6.07) is 9.32. The Labute approximate surface area is 187 Å². The molecule has 3 aromatic rings. The third kappa shape index (κ3) is 5.24. The van der Waals surface area contributed by atoms with Gasteiger partial charge in [0.15, 0.2) is 6.61 Å². The largest absolute Gasteiger partial charge is 0.497 e. The highest BCUT2D eigenvalue weighted by Gasteiger charge is 2.37. The van der Waals surface area contributed by atoms with E-state index in [4.69, 9.17) is 14.0 Å². The molecular weight excluding hydrogens is 441 g/mol. The fraction of sp³-hybridized carbons (Fsp3) is 0.364. The number of nitrogens with zero attached hydrogens (tertiary/aromatic N) is 4. The minimum atomic E-state index is -4.53. The van der Waals surface area contributed by atoms with Crippen LogP contribution in [0.1, 0.15) is 24.3 Å². The Balaban J connectivity index is 1.38. The second kappa shape index (κ2) is 9.47. The molecule has 1 unspecified atom stereocenters. The SMILES string of the molecule is COc1cccc(-c2noc(COC(=O)C3CCCN(c4ncccc4C(F)(F)F)C3)n2)c1. The molecule has 1 aliphatic heterocycles. The van der Waals surface area contributed by atoms with Gasteiger partial charge in [-0.25, -0.2) is 4.98 Å². The summed E-state index contributed by atoms with van der Waals surface area (Å²) in [6.07, 6.45) is -2.19. The first-order valence-corrected chi connectivity index (χ1v) is 10.3. The highest BCUT2D eigenvalue weighted by Crippen LogP contribution is 2.36. The monoisotopic (exact) mass is 462 g/mol. The minimum Gasteiger partial charge on any atom is -0.497 e. The van der Waals surface area contributed by atoms with E-state index >= 15 is 0 Å². The van der Waals surface area contributed by atoms with Crippen molar-refractivity contribution in [2.24, 2.45) is 5.92 Å². The third-order valence-electron chi connectivity index (χ3n) is 5.28. The predicted octanol–water partition coefficient (Wildman–Crippen LogP) is 4.12. The summed E-state index contributed by atoms with van der Waals surface area (Å²) in [7, 11) is 1.55. The van der Waals surface area contributed by atoms with Crippen LogP contribution >= 0.6 is 0 Å². The van der Waals surface area contributed by atoms with Crippen molar-refractivity contribution in [1.82, 2.24) is 15.1 Å². The summed E-state index contributed by atoms with van der Waals surface area (Å²) in [5.74, 6) is -0.250. The number of hydrogen-bond donors (Lipinski definition) is 0. The van der Waals surface area contributed by atoms with Gasteiger partial charge in [-0.3, -0.25) is 4.79 Å². The molecule has 11 heteroatoms. The summed E-state index contributed by atoms with van der Waals surface area (Å²) in [6.45, 7) is 0.221. The Morgan fingerprint density at radius 3 is 2.91 bits per heavy atom. The number of benzene rings is 1. The maximum Gasteiger partial charge on any atom is 0.419 e. The van der Waals surface area contributed by atoms with Crippen LogP contribution in [0, 0.1) is 5.92 Å². The third-order valence-corrected chi connectivity index (χ3v) is 5.28. The molecule has 4 rings (SSSR count). The molecule has 3 heterocycles. The van der Waals surface area contributed by atoms with E-state index in [0.717, 1.165) is 6.07 Å². The van der Waals surface area contributed by atoms with Crippen LogP contribution in [0.5, 0.6) is 5.75 Å². The zero-order chi connectivity index (χ0) is 23.4. The summed E-state index contributed by atoms with van der Waals surface area (Å²) < 4.78 is 55.7. The van der Waals surface area contributed by atoms with E-state index in [1.54, 1.807) is 31.4 Å². The van der Waals surface area contributed by atoms with Crippen molar-refractivity contribution in [3.05, 3.63) is 54.0 Å². The Bertz CT molecular complexity index is 1120. The van der Waals surface area contributed by atoms with Gasteiger partial charge in [0, 0.05) is 24.8 Å². The quantitative estimate of drug-likeness (QED) is 0.506. The normalized spacial score (nSPS) is 16.5. The second-order valence-corrected chi connectivity index (χ2v) is 7.51. The van der Waals surface area contributed by atoms with Gasteiger partial charge < -0.3 is 18.9 Å². The molecular formula is C22H21F3N4O4. The number of carbonyl (C=O) groups excluding carboxylic acids is 1. The van der Waals surface area contributed by atoms with Crippen LogP contribution in [0.25, 0.3) is 11.4 Å². The number of aromatic nitrogens is 3. The first kappa shape index (κ1) is 22.6. The van der Waals surface area contributed by atoms with Crippen molar-refractivity contribution in [3.63, 3.8) is 0 Å². The van der Waals surface area contributed by atoms with Gasteiger partial charge in [0.2, 0.25) is 5.82 Å². The number of carbonyl (C=O) groups is 1. The lowest BCUT2D eigenvalue weighted by atomic mass is 9.98. The van der Waals surface area contributed by atoms with E-state index in [0.29, 0.717) is 36.5 Å². The number of alkyl halides is 3. The van der Waals surface area contributed by atoms with Crippen LogP contribution in [-0.4, -0.2) is 41.3 Å². The average Bonchev–Trinajstić information content (AvgIpc) is 3.31. The zero-order valence-electron chi connectivity index (χ0n) is 17.7. The molecule has 8 nitrogen and oxygen atoms in total. The van der Waals surface area contributed by atoms with Crippen LogP contribution in [0.15, 0.2) is 47.1 Å². The van der Waals surface area contributed by atoms with Crippen molar-refractivity contribution >= 4 is 11.8 Å². The van der Waals surface area contributed by atoms with Crippen LogP contribution in [0.2, 0.25) is 0 Å². The van der Waals surface area contributed by atoms with E-state index in [1.807, 2.05) is 0 Å². The summed E-state index contributed by atoms with van der Waals surface area (Å²) in [4.78, 5) is 22.2. The highest BCUT2D eigenvalue weighted by molar-refractivity contribution is 5.73. The van der Waals surface area contributed by atoms with Crippen molar-refractivity contribution in [2.45, 2.75) is 25.6 Å². The lowest BCUT2D eigenvalue weighted by Gasteiger charge is -2.33. The van der Waals surface area contributed by atoms with Gasteiger partial charge in [0.1, 0.15) is 11.6 Å². The molecule has 0 spiro atoms. The smallest absolute Gasteiger partial charge is 0.419 e. The van der Waals surface area contributed by atoms with Gasteiger partial charge in [-0.2, -0.15) is 18.2 Å². The van der Waals surface area contributed by atoms with E-state index in [1.165, 1.54) is 17.2 Å². The van der Waals surface area contributed by atoms with Gasteiger partial charge >= 0.3 is 12.1 Å². The zero-order valence-corrected chi connectivity index (χ0v) is 17.7. The molecule has 1 fully saturated rings. The number of pyridine rings is 1. The highest BCUT2D eigenvalue weighted by atomic mass is 19.4. The topological polar surface area (TPSA) is 90.6 Å². The number of piperidine rings is 1. The number of hydrogen-bond acceptors (Lipinski definition) is 8. The van der Waals surface area contributed by atoms with Gasteiger partial charge in [0.25, 0.3) is 5.89 Å². The number of anilines is 1. The Hall–Kier alpha value is -3.63. The number of methoxy groups -OCH3 is 1. The summed E-state index contributed by atoms with van der Waals surface area (Å²) in [5.41, 5.74) is -0.149. The van der Waals surface area contributed by atoms with E-state index in [2.05, 4.69) is 15.1 Å². The Kier molecular flexibility index (Phi) is 6.47. The number of ether oxygens (including phenoxy) is 2. The van der Waals surface area contributed by atoms with Crippen molar-refractivity contribution in [2.75, 3.05) is 25.1 Å². The van der Waals surface area contributed by atoms with E-state index in [-0.39, 0.29) is 24.9 Å². The van der Waals surface area contributed by atoms with Crippen LogP contribution in [0.3, 0.4) is 0 Å². The Morgan fingerprint density at radius 2 is 2.12 bits per heavy atom. The van der Waals surface area contributed by atoms with Gasteiger partial charge in [-0.1, -0.05) is 17.3 Å². The molecule has 0 radical (unpaired) electrons. The van der Waals surface area contributed by atoms with Crippen LogP contribution < -0.4 is 9.64 Å². The number of esters is 1. The molecule has 0 bridgehead atoms. The van der Waals surface area contributed by atoms with Gasteiger partial charge in [-0.15, -0.1) is 0 Å². The minimum absolute atomic E-state index is 0.0812. The molecule has 0 N–H and O–H groups in total. The fourth-order valence-electron chi connectivity index (χ4n) is 3.68. The standard InChI is InChI=1S/C22H21F3N4O4/c1-31-16-7-2-5-14(11-16)19-27-18(33-28-19)13-32-21(30)15-6-4-10-29(12-15)20-17(22(23,24)25)8-3-9-26-20/h2-3,5,7-9,11,15H,4,6,10,12-13H2,1H3. The summed E-state index contributed by atoms with van der Waals surface area (Å²) >= 11 is 0.